The van der Waals surface area contributed by atoms with Crippen molar-refractivity contribution < 1.29 is 31.5 Å². The van der Waals surface area contributed by atoms with Gasteiger partial charge in [-0.1, -0.05) is 0 Å². The van der Waals surface area contributed by atoms with Crippen LogP contribution in [0, 0.1) is 0 Å². The Labute approximate surface area is 126 Å². The Morgan fingerprint density at radius 1 is 1.23 bits per heavy atom. The Morgan fingerprint density at radius 2 is 1.82 bits per heavy atom. The number of rotatable bonds is 5. The maximum absolute atomic E-state index is 12.8. The molecule has 124 valence electrons. The van der Waals surface area contributed by atoms with Gasteiger partial charge in [0.15, 0.2) is 0 Å². The molecular weight excluding hydrogens is 322 g/mol. The summed E-state index contributed by atoms with van der Waals surface area (Å²) in [5.41, 5.74) is -0.794. The highest BCUT2D eigenvalue weighted by atomic mass is 31.2. The van der Waals surface area contributed by atoms with Gasteiger partial charge >= 0.3 is 13.9 Å². The number of hydrogen-bond acceptors (Lipinski definition) is 4. The van der Waals surface area contributed by atoms with Gasteiger partial charge in [0.1, 0.15) is 5.75 Å². The van der Waals surface area contributed by atoms with Crippen molar-refractivity contribution >= 4 is 7.75 Å². The molecule has 0 radical (unpaired) electrons. The minimum Gasteiger partial charge on any atom is -0.413 e. The van der Waals surface area contributed by atoms with E-state index in [1.807, 2.05) is 0 Å². The molecule has 1 unspecified atom stereocenters. The Hall–Kier alpha value is -1.08. The Bertz CT molecular complexity index is 529. The zero-order valence-corrected chi connectivity index (χ0v) is 12.9. The van der Waals surface area contributed by atoms with E-state index in [1.54, 1.807) is 6.92 Å². The Morgan fingerprint density at radius 3 is 2.32 bits per heavy atom. The molecule has 0 spiro atoms. The van der Waals surface area contributed by atoms with E-state index in [9.17, 15) is 17.7 Å². The largest absolute Gasteiger partial charge is 0.461 e. The van der Waals surface area contributed by atoms with Gasteiger partial charge < -0.3 is 9.26 Å². The number of halogens is 3. The fourth-order valence-electron chi connectivity index (χ4n) is 1.97. The second kappa shape index (κ2) is 7.00. The highest BCUT2D eigenvalue weighted by molar-refractivity contribution is 7.51. The number of nitrogens with zero attached hydrogens (tertiary/aromatic N) is 1. The van der Waals surface area contributed by atoms with Crippen molar-refractivity contribution in [3.63, 3.8) is 0 Å². The number of ether oxygens (including phenoxy) is 1. The van der Waals surface area contributed by atoms with Crippen molar-refractivity contribution in [2.75, 3.05) is 32.9 Å². The first-order chi connectivity index (χ1) is 10.3. The van der Waals surface area contributed by atoms with Crippen molar-refractivity contribution in [2.45, 2.75) is 13.1 Å². The smallest absolute Gasteiger partial charge is 0.413 e. The zero-order valence-electron chi connectivity index (χ0n) is 12.0. The lowest BCUT2D eigenvalue weighted by atomic mass is 10.2. The molecule has 22 heavy (non-hydrogen) atoms. The molecule has 0 aromatic heterocycles. The molecule has 5 nitrogen and oxygen atoms in total. The highest BCUT2D eigenvalue weighted by Crippen LogP contribution is 2.52. The molecule has 1 atom stereocenters. The maximum Gasteiger partial charge on any atom is 0.461 e. The summed E-state index contributed by atoms with van der Waals surface area (Å²) in [6.07, 6.45) is -4.42. The van der Waals surface area contributed by atoms with Gasteiger partial charge in [-0.15, -0.1) is 0 Å². The summed E-state index contributed by atoms with van der Waals surface area (Å²) in [5.74, 6) is 0.0660. The van der Waals surface area contributed by atoms with Crippen molar-refractivity contribution in [3.8, 4) is 5.75 Å². The zero-order chi connectivity index (χ0) is 16.2. The van der Waals surface area contributed by atoms with Gasteiger partial charge in [-0.05, 0) is 31.2 Å². The lowest BCUT2D eigenvalue weighted by molar-refractivity contribution is -0.137. The Kier molecular flexibility index (Phi) is 5.50. The lowest BCUT2D eigenvalue weighted by Crippen LogP contribution is -2.35. The molecule has 1 aromatic rings. The summed E-state index contributed by atoms with van der Waals surface area (Å²) in [7, 11) is -3.60. The summed E-state index contributed by atoms with van der Waals surface area (Å²) in [5, 5.41) is 0. The van der Waals surface area contributed by atoms with Crippen LogP contribution in [0.3, 0.4) is 0 Å². The summed E-state index contributed by atoms with van der Waals surface area (Å²) in [6.45, 7) is 3.37. The molecule has 1 aliphatic rings. The van der Waals surface area contributed by atoms with Crippen LogP contribution in [0.1, 0.15) is 12.5 Å². The fourth-order valence-corrected chi connectivity index (χ4v) is 3.66. The lowest BCUT2D eigenvalue weighted by Gasteiger charge is -2.32. The van der Waals surface area contributed by atoms with Crippen LogP contribution in [0.25, 0.3) is 0 Å². The number of alkyl halides is 3. The molecule has 0 aliphatic carbocycles. The van der Waals surface area contributed by atoms with Gasteiger partial charge in [0.25, 0.3) is 0 Å². The van der Waals surface area contributed by atoms with Crippen LogP contribution in [0.2, 0.25) is 0 Å². The first kappa shape index (κ1) is 17.3. The third-order valence-electron chi connectivity index (χ3n) is 3.03. The van der Waals surface area contributed by atoms with Crippen molar-refractivity contribution in [1.29, 1.82) is 0 Å². The van der Waals surface area contributed by atoms with Gasteiger partial charge in [-0.25, -0.2) is 4.57 Å². The van der Waals surface area contributed by atoms with E-state index in [-0.39, 0.29) is 12.4 Å². The van der Waals surface area contributed by atoms with E-state index < -0.39 is 19.5 Å². The minimum absolute atomic E-state index is 0.0660. The monoisotopic (exact) mass is 339 g/mol. The number of hydrogen-bond donors (Lipinski definition) is 0. The average molecular weight is 339 g/mol. The van der Waals surface area contributed by atoms with Crippen LogP contribution in [0.4, 0.5) is 13.2 Å². The van der Waals surface area contributed by atoms with Crippen LogP contribution in [-0.2, 0) is 20.0 Å². The van der Waals surface area contributed by atoms with Crippen molar-refractivity contribution in [2.24, 2.45) is 0 Å². The van der Waals surface area contributed by atoms with Gasteiger partial charge in [0.2, 0.25) is 0 Å². The molecule has 0 amide bonds. The highest BCUT2D eigenvalue weighted by Gasteiger charge is 2.36. The van der Waals surface area contributed by atoms with Gasteiger partial charge in [-0.3, -0.25) is 4.52 Å². The van der Waals surface area contributed by atoms with Crippen LogP contribution >= 0.6 is 7.75 Å². The fraction of sp³-hybridized carbons (Fsp3) is 0.538. The van der Waals surface area contributed by atoms with E-state index in [0.29, 0.717) is 26.3 Å². The molecular formula is C13H17F3NO4P. The van der Waals surface area contributed by atoms with E-state index in [2.05, 4.69) is 0 Å². The first-order valence-electron chi connectivity index (χ1n) is 6.80. The predicted octanol–water partition coefficient (Wildman–Crippen LogP) is 3.56. The predicted molar refractivity (Wildman–Crippen MR) is 73.7 cm³/mol. The summed E-state index contributed by atoms with van der Waals surface area (Å²) in [6, 6.07) is 4.03. The van der Waals surface area contributed by atoms with Crippen molar-refractivity contribution in [3.05, 3.63) is 29.8 Å². The SMILES string of the molecule is CCOP(=O)(Oc1ccc(C(F)(F)F)cc1)N1CCOCC1. The maximum atomic E-state index is 12.8. The van der Waals surface area contributed by atoms with Gasteiger partial charge in [0.05, 0.1) is 25.4 Å². The van der Waals surface area contributed by atoms with E-state index >= 15 is 0 Å². The van der Waals surface area contributed by atoms with Gasteiger partial charge in [0, 0.05) is 13.1 Å². The molecule has 2 rings (SSSR count). The van der Waals surface area contributed by atoms with Crippen LogP contribution < -0.4 is 4.52 Å². The van der Waals surface area contributed by atoms with Crippen LogP contribution in [0.15, 0.2) is 24.3 Å². The molecule has 9 heteroatoms. The molecule has 1 aliphatic heterocycles. The van der Waals surface area contributed by atoms with Crippen LogP contribution in [-0.4, -0.2) is 37.6 Å². The normalized spacial score (nSPS) is 19.6. The molecule has 0 bridgehead atoms. The van der Waals surface area contributed by atoms with Crippen molar-refractivity contribution in [1.82, 2.24) is 4.67 Å². The topological polar surface area (TPSA) is 48.0 Å². The second-order valence-electron chi connectivity index (χ2n) is 4.57. The first-order valence-corrected chi connectivity index (χ1v) is 8.29. The molecule has 1 aromatic carbocycles. The molecule has 0 N–H and O–H groups in total. The standard InChI is InChI=1S/C13H17F3NO4P/c1-2-20-22(18,17-7-9-19-10-8-17)21-12-5-3-11(4-6-12)13(14,15)16/h3-6H,2,7-10H2,1H3. The van der Waals surface area contributed by atoms with E-state index in [1.165, 1.54) is 4.67 Å². The quantitative estimate of drug-likeness (QED) is 0.768. The van der Waals surface area contributed by atoms with Crippen LogP contribution in [0.5, 0.6) is 5.75 Å². The summed E-state index contributed by atoms with van der Waals surface area (Å²) < 4.78 is 67.7. The Balaban J connectivity index is 2.15. The summed E-state index contributed by atoms with van der Waals surface area (Å²) >= 11 is 0. The third kappa shape index (κ3) is 4.23. The number of morpholine rings is 1. The van der Waals surface area contributed by atoms with E-state index in [0.717, 1.165) is 24.3 Å². The van der Waals surface area contributed by atoms with E-state index in [4.69, 9.17) is 13.8 Å². The molecule has 0 saturated carbocycles. The van der Waals surface area contributed by atoms with Gasteiger partial charge in [-0.2, -0.15) is 17.8 Å². The molecule has 1 heterocycles. The summed E-state index contributed by atoms with van der Waals surface area (Å²) in [4.78, 5) is 0. The molecule has 1 saturated heterocycles. The molecule has 1 fully saturated rings. The minimum atomic E-state index is -4.42. The number of benzene rings is 1. The third-order valence-corrected chi connectivity index (χ3v) is 5.15. The average Bonchev–Trinajstić information content (AvgIpc) is 2.48. The second-order valence-corrected chi connectivity index (χ2v) is 6.51.